The Morgan fingerprint density at radius 2 is 0.825 bits per heavy atom. The highest BCUT2D eigenvalue weighted by atomic mass is 16.6. The van der Waals surface area contributed by atoms with Gasteiger partial charge in [0.2, 0.25) is 0 Å². The van der Waals surface area contributed by atoms with Gasteiger partial charge in [-0.05, 0) is 57.3 Å². The second-order valence-electron chi connectivity index (χ2n) is 9.12. The van der Waals surface area contributed by atoms with Crippen molar-refractivity contribution in [2.24, 2.45) is 0 Å². The van der Waals surface area contributed by atoms with E-state index in [9.17, 15) is 0 Å². The zero-order valence-corrected chi connectivity index (χ0v) is 23.1. The Balaban J connectivity index is 1.02. The molecule has 0 heterocycles. The molecule has 216 valence electrons. The second kappa shape index (κ2) is 17.8. The Kier molecular flexibility index (Phi) is 13.4. The molecule has 0 spiro atoms. The van der Waals surface area contributed by atoms with Gasteiger partial charge in [0, 0.05) is 5.39 Å². The van der Waals surface area contributed by atoms with Crippen molar-refractivity contribution in [3.63, 3.8) is 0 Å². The van der Waals surface area contributed by atoms with Gasteiger partial charge in [-0.15, -0.1) is 0 Å². The maximum atomic E-state index is 8.59. The molecule has 0 unspecified atom stereocenters. The lowest BCUT2D eigenvalue weighted by Gasteiger charge is -2.12. The van der Waals surface area contributed by atoms with Gasteiger partial charge >= 0.3 is 0 Å². The molecule has 0 radical (unpaired) electrons. The van der Waals surface area contributed by atoms with Crippen molar-refractivity contribution in [1.29, 1.82) is 0 Å². The van der Waals surface area contributed by atoms with Crippen LogP contribution < -0.4 is 4.74 Å². The highest BCUT2D eigenvalue weighted by molar-refractivity contribution is 6.06. The zero-order valence-electron chi connectivity index (χ0n) is 23.1. The van der Waals surface area contributed by atoms with Gasteiger partial charge in [0.05, 0.1) is 85.9 Å². The van der Waals surface area contributed by atoms with E-state index in [1.807, 2.05) is 12.1 Å². The highest BCUT2D eigenvalue weighted by Gasteiger charge is 2.06. The summed E-state index contributed by atoms with van der Waals surface area (Å²) >= 11 is 0. The fourth-order valence-electron chi connectivity index (χ4n) is 4.29. The van der Waals surface area contributed by atoms with E-state index < -0.39 is 0 Å². The summed E-state index contributed by atoms with van der Waals surface area (Å²) in [5, 5.41) is 15.8. The molecule has 0 aliphatic carbocycles. The molecule has 0 fully saturated rings. The summed E-state index contributed by atoms with van der Waals surface area (Å²) in [6, 6.07) is 23.5. The molecule has 8 heteroatoms. The van der Waals surface area contributed by atoms with Crippen LogP contribution in [0.1, 0.15) is 0 Å². The van der Waals surface area contributed by atoms with Gasteiger partial charge in [0.1, 0.15) is 12.4 Å². The normalized spacial score (nSPS) is 11.6. The van der Waals surface area contributed by atoms with E-state index in [-0.39, 0.29) is 6.61 Å². The first-order valence-electron chi connectivity index (χ1n) is 13.9. The minimum atomic E-state index is 0.0291. The molecule has 0 saturated heterocycles. The Morgan fingerprint density at radius 3 is 1.35 bits per heavy atom. The van der Waals surface area contributed by atoms with Crippen LogP contribution in [0.5, 0.6) is 5.75 Å². The fraction of sp³-hybridized carbons (Fsp3) is 0.438. The number of aliphatic hydroxyl groups excluding tert-OH is 1. The Hall–Kier alpha value is -2.82. The van der Waals surface area contributed by atoms with Crippen molar-refractivity contribution >= 4 is 32.3 Å². The van der Waals surface area contributed by atoms with Crippen molar-refractivity contribution in [2.75, 3.05) is 92.5 Å². The van der Waals surface area contributed by atoms with Gasteiger partial charge < -0.3 is 38.3 Å². The van der Waals surface area contributed by atoms with Crippen LogP contribution >= 0.6 is 0 Å². The maximum absolute atomic E-state index is 8.59. The molecule has 0 amide bonds. The summed E-state index contributed by atoms with van der Waals surface area (Å²) < 4.78 is 38.6. The lowest BCUT2D eigenvalue weighted by molar-refractivity contribution is -0.0190. The van der Waals surface area contributed by atoms with Crippen LogP contribution in [0.15, 0.2) is 66.7 Å². The third-order valence-electron chi connectivity index (χ3n) is 6.24. The van der Waals surface area contributed by atoms with Crippen LogP contribution in [0.3, 0.4) is 0 Å². The van der Waals surface area contributed by atoms with Crippen molar-refractivity contribution in [3.05, 3.63) is 66.7 Å². The molecular weight excluding hydrogens is 512 g/mol. The molecule has 0 aromatic heterocycles. The summed E-state index contributed by atoms with van der Waals surface area (Å²) in [6.07, 6.45) is 0. The largest absolute Gasteiger partial charge is 0.491 e. The number of hydrogen-bond acceptors (Lipinski definition) is 8. The summed E-state index contributed by atoms with van der Waals surface area (Å²) in [5.74, 6) is 0.866. The first kappa shape index (κ1) is 30.1. The smallest absolute Gasteiger partial charge is 0.127 e. The third-order valence-corrected chi connectivity index (χ3v) is 6.24. The lowest BCUT2D eigenvalue weighted by atomic mass is 9.99. The molecule has 0 aliphatic rings. The van der Waals surface area contributed by atoms with Gasteiger partial charge in [-0.1, -0.05) is 36.4 Å². The van der Waals surface area contributed by atoms with Gasteiger partial charge in [-0.25, -0.2) is 0 Å². The molecule has 4 rings (SSSR count). The number of aliphatic hydroxyl groups is 1. The van der Waals surface area contributed by atoms with E-state index >= 15 is 0 Å². The van der Waals surface area contributed by atoms with E-state index in [0.29, 0.717) is 85.9 Å². The van der Waals surface area contributed by atoms with Crippen LogP contribution in [0.4, 0.5) is 0 Å². The van der Waals surface area contributed by atoms with Crippen LogP contribution in [0.25, 0.3) is 32.3 Å². The molecule has 4 aromatic carbocycles. The summed E-state index contributed by atoms with van der Waals surface area (Å²) in [4.78, 5) is 0. The minimum Gasteiger partial charge on any atom is -0.491 e. The molecule has 0 saturated carbocycles. The van der Waals surface area contributed by atoms with E-state index in [4.69, 9.17) is 38.3 Å². The van der Waals surface area contributed by atoms with E-state index in [1.165, 1.54) is 21.5 Å². The second-order valence-corrected chi connectivity index (χ2v) is 9.12. The topological polar surface area (TPSA) is 84.8 Å². The van der Waals surface area contributed by atoms with E-state index in [2.05, 4.69) is 54.6 Å². The van der Waals surface area contributed by atoms with Crippen molar-refractivity contribution in [3.8, 4) is 5.75 Å². The molecule has 8 nitrogen and oxygen atoms in total. The molecule has 40 heavy (non-hydrogen) atoms. The molecule has 4 aromatic rings. The molecule has 0 bridgehead atoms. The Morgan fingerprint density at radius 1 is 0.400 bits per heavy atom. The van der Waals surface area contributed by atoms with E-state index in [0.717, 1.165) is 16.5 Å². The van der Waals surface area contributed by atoms with Crippen LogP contribution in [0, 0.1) is 0 Å². The maximum Gasteiger partial charge on any atom is 0.127 e. The van der Waals surface area contributed by atoms with Crippen molar-refractivity contribution in [2.45, 2.75) is 0 Å². The average molecular weight is 553 g/mol. The standard InChI is InChI=1S/C32H40O8/c33-8-9-34-10-11-35-12-13-36-14-15-37-16-17-38-18-19-39-20-21-40-32-7-3-6-28-24-29-22-26-4-1-2-5-27(26)23-30(29)25-31(28)32/h1-7,22-25,33H,8-21H2. The van der Waals surface area contributed by atoms with Gasteiger partial charge in [0.15, 0.2) is 0 Å². The first-order chi connectivity index (χ1) is 19.8. The number of hydrogen-bond donors (Lipinski definition) is 1. The average Bonchev–Trinajstić information content (AvgIpc) is 2.98. The molecule has 1 N–H and O–H groups in total. The van der Waals surface area contributed by atoms with Crippen molar-refractivity contribution < 1.29 is 38.3 Å². The monoisotopic (exact) mass is 552 g/mol. The minimum absolute atomic E-state index is 0.0291. The van der Waals surface area contributed by atoms with Gasteiger partial charge in [0.25, 0.3) is 0 Å². The summed E-state index contributed by atoms with van der Waals surface area (Å²) in [6.45, 7) is 6.37. The lowest BCUT2D eigenvalue weighted by Crippen LogP contribution is -2.15. The fourth-order valence-corrected chi connectivity index (χ4v) is 4.29. The summed E-state index contributed by atoms with van der Waals surface area (Å²) in [5.41, 5.74) is 0. The van der Waals surface area contributed by atoms with Crippen LogP contribution in [0.2, 0.25) is 0 Å². The van der Waals surface area contributed by atoms with Crippen LogP contribution in [-0.2, 0) is 28.4 Å². The predicted octanol–water partition coefficient (Wildman–Crippen LogP) is 4.62. The highest BCUT2D eigenvalue weighted by Crippen LogP contribution is 2.32. The van der Waals surface area contributed by atoms with E-state index in [1.54, 1.807) is 0 Å². The Labute approximate surface area is 235 Å². The SMILES string of the molecule is OCCOCCOCCOCCOCCOCCOCCOc1cccc2cc3cc4ccccc4cc3cc12. The molecule has 0 aliphatic heterocycles. The molecular formula is C32H40O8. The number of fused-ring (bicyclic) bond motifs is 3. The number of ether oxygens (including phenoxy) is 7. The number of benzene rings is 4. The Bertz CT molecular complexity index is 1280. The van der Waals surface area contributed by atoms with Gasteiger partial charge in [-0.2, -0.15) is 0 Å². The van der Waals surface area contributed by atoms with Gasteiger partial charge in [-0.3, -0.25) is 0 Å². The van der Waals surface area contributed by atoms with Crippen LogP contribution in [-0.4, -0.2) is 97.6 Å². The quantitative estimate of drug-likeness (QED) is 0.118. The zero-order chi connectivity index (χ0) is 27.7. The summed E-state index contributed by atoms with van der Waals surface area (Å²) in [7, 11) is 0. The number of rotatable bonds is 21. The molecule has 0 atom stereocenters. The predicted molar refractivity (Wildman–Crippen MR) is 156 cm³/mol. The first-order valence-corrected chi connectivity index (χ1v) is 13.9. The van der Waals surface area contributed by atoms with Crippen molar-refractivity contribution in [1.82, 2.24) is 0 Å². The third kappa shape index (κ3) is 9.98.